The van der Waals surface area contributed by atoms with Crippen LogP contribution in [-0.4, -0.2) is 0 Å². The maximum absolute atomic E-state index is 6.42. The summed E-state index contributed by atoms with van der Waals surface area (Å²) >= 11 is 0. The molecule has 94 valence electrons. The zero-order valence-corrected chi connectivity index (χ0v) is 10.8. The second-order valence-electron chi connectivity index (χ2n) is 4.84. The standard InChI is InChI=1S/C18H17N/c19-18-16(14-8-3-1-4-9-14)12-7-13-17(18)15-10-5-2-6-11-15/h1-12,17H,13,19H2. The predicted octanol–water partition coefficient (Wildman–Crippen LogP) is 4.10. The van der Waals surface area contributed by atoms with Crippen LogP contribution < -0.4 is 5.73 Å². The van der Waals surface area contributed by atoms with Gasteiger partial charge in [0.05, 0.1) is 0 Å². The Morgan fingerprint density at radius 1 is 0.842 bits per heavy atom. The predicted molar refractivity (Wildman–Crippen MR) is 80.5 cm³/mol. The Labute approximate surface area is 114 Å². The zero-order chi connectivity index (χ0) is 13.1. The summed E-state index contributed by atoms with van der Waals surface area (Å²) in [5.41, 5.74) is 11.0. The molecule has 0 radical (unpaired) electrons. The molecule has 19 heavy (non-hydrogen) atoms. The fourth-order valence-electron chi connectivity index (χ4n) is 2.61. The third-order valence-electron chi connectivity index (χ3n) is 3.63. The van der Waals surface area contributed by atoms with Crippen molar-refractivity contribution < 1.29 is 0 Å². The quantitative estimate of drug-likeness (QED) is 0.849. The average Bonchev–Trinajstić information content (AvgIpc) is 2.49. The third-order valence-corrected chi connectivity index (χ3v) is 3.63. The monoisotopic (exact) mass is 247 g/mol. The van der Waals surface area contributed by atoms with Crippen LogP contribution in [0.15, 0.2) is 78.5 Å². The Hall–Kier alpha value is -2.28. The molecule has 0 saturated carbocycles. The van der Waals surface area contributed by atoms with Crippen LogP contribution in [0.4, 0.5) is 0 Å². The Morgan fingerprint density at radius 3 is 2.16 bits per heavy atom. The van der Waals surface area contributed by atoms with Gasteiger partial charge in [0.25, 0.3) is 0 Å². The van der Waals surface area contributed by atoms with E-state index in [1.165, 1.54) is 11.1 Å². The Bertz CT molecular complexity index is 609. The molecule has 1 unspecified atom stereocenters. The van der Waals surface area contributed by atoms with E-state index in [-0.39, 0.29) is 0 Å². The Balaban J connectivity index is 2.03. The number of benzene rings is 2. The second kappa shape index (κ2) is 5.15. The molecule has 0 spiro atoms. The summed E-state index contributed by atoms with van der Waals surface area (Å²) in [6, 6.07) is 20.8. The second-order valence-corrected chi connectivity index (χ2v) is 4.84. The lowest BCUT2D eigenvalue weighted by Gasteiger charge is -2.23. The van der Waals surface area contributed by atoms with Crippen LogP contribution >= 0.6 is 0 Å². The molecule has 2 aromatic rings. The molecule has 1 aliphatic rings. The first-order valence-electron chi connectivity index (χ1n) is 6.63. The topological polar surface area (TPSA) is 26.0 Å². The molecule has 2 aromatic carbocycles. The van der Waals surface area contributed by atoms with E-state index in [1.54, 1.807) is 0 Å². The highest BCUT2D eigenvalue weighted by Crippen LogP contribution is 2.34. The molecule has 0 aliphatic heterocycles. The van der Waals surface area contributed by atoms with E-state index in [4.69, 9.17) is 5.73 Å². The lowest BCUT2D eigenvalue weighted by molar-refractivity contribution is 0.791. The average molecular weight is 247 g/mol. The van der Waals surface area contributed by atoms with Gasteiger partial charge in [-0.05, 0) is 17.5 Å². The van der Waals surface area contributed by atoms with Gasteiger partial charge in [-0.15, -0.1) is 0 Å². The fourth-order valence-corrected chi connectivity index (χ4v) is 2.61. The minimum absolute atomic E-state index is 0.293. The van der Waals surface area contributed by atoms with Gasteiger partial charge >= 0.3 is 0 Å². The first-order valence-corrected chi connectivity index (χ1v) is 6.63. The van der Waals surface area contributed by atoms with E-state index < -0.39 is 0 Å². The molecule has 0 amide bonds. The van der Waals surface area contributed by atoms with Crippen LogP contribution in [-0.2, 0) is 0 Å². The summed E-state index contributed by atoms with van der Waals surface area (Å²) in [5.74, 6) is 0.293. The third kappa shape index (κ3) is 2.32. The van der Waals surface area contributed by atoms with Crippen molar-refractivity contribution in [3.05, 3.63) is 89.6 Å². The van der Waals surface area contributed by atoms with Gasteiger partial charge in [0.15, 0.2) is 0 Å². The Kier molecular flexibility index (Phi) is 3.20. The largest absolute Gasteiger partial charge is 0.401 e. The maximum Gasteiger partial charge on any atom is 0.0276 e. The fraction of sp³-hybridized carbons (Fsp3) is 0.111. The highest BCUT2D eigenvalue weighted by molar-refractivity contribution is 5.78. The van der Waals surface area contributed by atoms with Crippen molar-refractivity contribution in [3.8, 4) is 0 Å². The Morgan fingerprint density at radius 2 is 1.47 bits per heavy atom. The van der Waals surface area contributed by atoms with Gasteiger partial charge in [0.1, 0.15) is 0 Å². The van der Waals surface area contributed by atoms with Crippen LogP contribution in [0.5, 0.6) is 0 Å². The highest BCUT2D eigenvalue weighted by Gasteiger charge is 2.19. The van der Waals surface area contributed by atoms with E-state index in [1.807, 2.05) is 12.1 Å². The minimum Gasteiger partial charge on any atom is -0.401 e. The van der Waals surface area contributed by atoms with Gasteiger partial charge in [-0.2, -0.15) is 0 Å². The van der Waals surface area contributed by atoms with Crippen molar-refractivity contribution in [1.29, 1.82) is 0 Å². The number of allylic oxidation sites excluding steroid dienone is 4. The lowest BCUT2D eigenvalue weighted by Crippen LogP contribution is -2.14. The van der Waals surface area contributed by atoms with Gasteiger partial charge in [0, 0.05) is 17.2 Å². The molecule has 0 heterocycles. The van der Waals surface area contributed by atoms with E-state index >= 15 is 0 Å². The summed E-state index contributed by atoms with van der Waals surface area (Å²) in [6.07, 6.45) is 5.34. The summed E-state index contributed by atoms with van der Waals surface area (Å²) in [7, 11) is 0. The zero-order valence-electron chi connectivity index (χ0n) is 10.8. The van der Waals surface area contributed by atoms with Crippen LogP contribution in [0.25, 0.3) is 5.57 Å². The smallest absolute Gasteiger partial charge is 0.0276 e. The van der Waals surface area contributed by atoms with Gasteiger partial charge < -0.3 is 5.73 Å². The summed E-state index contributed by atoms with van der Waals surface area (Å²) in [6.45, 7) is 0. The molecule has 0 bridgehead atoms. The van der Waals surface area contributed by atoms with Gasteiger partial charge in [-0.3, -0.25) is 0 Å². The van der Waals surface area contributed by atoms with Crippen molar-refractivity contribution in [2.24, 2.45) is 5.73 Å². The van der Waals surface area contributed by atoms with Crippen LogP contribution in [0, 0.1) is 0 Å². The molecule has 0 fully saturated rings. The molecular formula is C18H17N. The van der Waals surface area contributed by atoms with Crippen molar-refractivity contribution in [1.82, 2.24) is 0 Å². The first-order chi connectivity index (χ1) is 9.36. The van der Waals surface area contributed by atoms with E-state index in [2.05, 4.69) is 60.7 Å². The van der Waals surface area contributed by atoms with Crippen molar-refractivity contribution in [2.45, 2.75) is 12.3 Å². The number of rotatable bonds is 2. The summed E-state index contributed by atoms with van der Waals surface area (Å²) in [5, 5.41) is 0. The number of hydrogen-bond acceptors (Lipinski definition) is 1. The SMILES string of the molecule is NC1=C(c2ccccc2)C=CCC1c1ccccc1. The van der Waals surface area contributed by atoms with Crippen molar-refractivity contribution in [3.63, 3.8) is 0 Å². The number of hydrogen-bond donors (Lipinski definition) is 1. The maximum atomic E-state index is 6.42. The van der Waals surface area contributed by atoms with Gasteiger partial charge in [-0.1, -0.05) is 72.8 Å². The van der Waals surface area contributed by atoms with Crippen molar-refractivity contribution >= 4 is 5.57 Å². The summed E-state index contributed by atoms with van der Waals surface area (Å²) in [4.78, 5) is 0. The molecule has 1 nitrogen and oxygen atoms in total. The molecule has 0 aromatic heterocycles. The van der Waals surface area contributed by atoms with Crippen LogP contribution in [0.3, 0.4) is 0 Å². The molecule has 2 N–H and O–H groups in total. The van der Waals surface area contributed by atoms with E-state index in [9.17, 15) is 0 Å². The first kappa shape index (κ1) is 11.8. The van der Waals surface area contributed by atoms with Crippen LogP contribution in [0.2, 0.25) is 0 Å². The lowest BCUT2D eigenvalue weighted by atomic mass is 9.84. The number of nitrogens with two attached hydrogens (primary N) is 1. The molecule has 1 aliphatic carbocycles. The highest BCUT2D eigenvalue weighted by atomic mass is 14.6. The van der Waals surface area contributed by atoms with E-state index in [0.717, 1.165) is 17.7 Å². The molecule has 1 atom stereocenters. The normalized spacial score (nSPS) is 18.6. The van der Waals surface area contributed by atoms with Gasteiger partial charge in [-0.25, -0.2) is 0 Å². The summed E-state index contributed by atoms with van der Waals surface area (Å²) < 4.78 is 0. The molecule has 3 rings (SSSR count). The molecular weight excluding hydrogens is 230 g/mol. The molecule has 0 saturated heterocycles. The minimum atomic E-state index is 0.293. The molecule has 1 heteroatoms. The van der Waals surface area contributed by atoms with Crippen LogP contribution in [0.1, 0.15) is 23.5 Å². The van der Waals surface area contributed by atoms with Crippen molar-refractivity contribution in [2.75, 3.05) is 0 Å². The van der Waals surface area contributed by atoms with Gasteiger partial charge in [0.2, 0.25) is 0 Å². The van der Waals surface area contributed by atoms with E-state index in [0.29, 0.717) is 5.92 Å².